The molecule has 1 aromatic rings. The largest absolute Gasteiger partial charge is 0.389 e. The Morgan fingerprint density at radius 3 is 2.89 bits per heavy atom. The van der Waals surface area contributed by atoms with Crippen molar-refractivity contribution >= 4 is 5.69 Å². The molecule has 2 rings (SSSR count). The molecule has 0 amide bonds. The van der Waals surface area contributed by atoms with E-state index in [1.165, 1.54) is 31.4 Å². The van der Waals surface area contributed by atoms with Gasteiger partial charge in [0.05, 0.1) is 6.10 Å². The molecular formula is C16H24FNO. The molecule has 1 heterocycles. The van der Waals surface area contributed by atoms with Gasteiger partial charge in [-0.15, -0.1) is 0 Å². The third-order valence-corrected chi connectivity index (χ3v) is 4.00. The normalized spacial score (nSPS) is 21.5. The number of rotatable bonds is 4. The summed E-state index contributed by atoms with van der Waals surface area (Å²) in [5.74, 6) is -0.274. The Balaban J connectivity index is 2.32. The fraction of sp³-hybridized carbons (Fsp3) is 0.625. The molecule has 0 bridgehead atoms. The van der Waals surface area contributed by atoms with Crippen LogP contribution in [-0.4, -0.2) is 17.7 Å². The van der Waals surface area contributed by atoms with Crippen molar-refractivity contribution in [2.45, 2.75) is 58.1 Å². The predicted molar refractivity (Wildman–Crippen MR) is 76.9 cm³/mol. The van der Waals surface area contributed by atoms with Gasteiger partial charge in [-0.05, 0) is 50.8 Å². The maximum absolute atomic E-state index is 13.4. The summed E-state index contributed by atoms with van der Waals surface area (Å²) < 4.78 is 13.4. The third kappa shape index (κ3) is 3.27. The summed E-state index contributed by atoms with van der Waals surface area (Å²) in [7, 11) is 0. The Kier molecular flexibility index (Phi) is 4.81. The molecule has 1 aromatic carbocycles. The molecule has 3 heteroatoms. The number of aliphatic hydroxyl groups is 1. The van der Waals surface area contributed by atoms with Gasteiger partial charge < -0.3 is 10.0 Å². The van der Waals surface area contributed by atoms with Crippen LogP contribution in [0.4, 0.5) is 10.1 Å². The van der Waals surface area contributed by atoms with Gasteiger partial charge in [0.1, 0.15) is 5.82 Å². The second-order valence-electron chi connectivity index (χ2n) is 5.51. The monoisotopic (exact) mass is 265 g/mol. The highest BCUT2D eigenvalue weighted by Crippen LogP contribution is 2.33. The Labute approximate surface area is 115 Å². The highest BCUT2D eigenvalue weighted by Gasteiger charge is 2.24. The summed E-state index contributed by atoms with van der Waals surface area (Å²) >= 11 is 0. The minimum absolute atomic E-state index is 0.274. The molecule has 1 N–H and O–H groups in total. The van der Waals surface area contributed by atoms with Crippen molar-refractivity contribution in [3.63, 3.8) is 0 Å². The van der Waals surface area contributed by atoms with Crippen molar-refractivity contribution in [1.82, 2.24) is 0 Å². The highest BCUT2D eigenvalue weighted by molar-refractivity contribution is 5.56. The first-order valence-electron chi connectivity index (χ1n) is 7.37. The molecule has 0 spiro atoms. The minimum Gasteiger partial charge on any atom is -0.389 e. The minimum atomic E-state index is -0.630. The van der Waals surface area contributed by atoms with Gasteiger partial charge in [-0.3, -0.25) is 0 Å². The average Bonchev–Trinajstić information content (AvgIpc) is 2.40. The zero-order valence-electron chi connectivity index (χ0n) is 11.9. The standard InChI is InChI=1S/C16H24FNO/c1-3-6-14-7-4-5-10-18(14)16-9-8-13(17)11-15(16)12(2)19/h8-9,11-12,14,19H,3-7,10H2,1-2H3. The Bertz CT molecular complexity index is 417. The maximum Gasteiger partial charge on any atom is 0.123 e. The van der Waals surface area contributed by atoms with E-state index in [1.54, 1.807) is 6.92 Å². The summed E-state index contributed by atoms with van der Waals surface area (Å²) in [5, 5.41) is 9.88. The second-order valence-corrected chi connectivity index (χ2v) is 5.51. The molecule has 1 aliphatic heterocycles. The fourth-order valence-corrected chi connectivity index (χ4v) is 3.07. The summed E-state index contributed by atoms with van der Waals surface area (Å²) in [6, 6.07) is 5.32. The van der Waals surface area contributed by atoms with Gasteiger partial charge in [0.15, 0.2) is 0 Å². The topological polar surface area (TPSA) is 23.5 Å². The molecule has 106 valence electrons. The van der Waals surface area contributed by atoms with E-state index in [9.17, 15) is 9.50 Å². The van der Waals surface area contributed by atoms with E-state index >= 15 is 0 Å². The van der Waals surface area contributed by atoms with E-state index < -0.39 is 6.10 Å². The lowest BCUT2D eigenvalue weighted by atomic mass is 9.95. The van der Waals surface area contributed by atoms with Crippen LogP contribution in [0.3, 0.4) is 0 Å². The summed E-state index contributed by atoms with van der Waals surface area (Å²) in [6.07, 6.45) is 5.34. The number of halogens is 1. The zero-order chi connectivity index (χ0) is 13.8. The Hall–Kier alpha value is -1.09. The number of benzene rings is 1. The van der Waals surface area contributed by atoms with Crippen molar-refractivity contribution in [3.8, 4) is 0 Å². The number of hydrogen-bond acceptors (Lipinski definition) is 2. The number of nitrogens with zero attached hydrogens (tertiary/aromatic N) is 1. The molecule has 0 radical (unpaired) electrons. The van der Waals surface area contributed by atoms with Gasteiger partial charge in [0, 0.05) is 23.8 Å². The molecule has 2 nitrogen and oxygen atoms in total. The summed E-state index contributed by atoms with van der Waals surface area (Å²) in [5.41, 5.74) is 1.72. The van der Waals surface area contributed by atoms with Crippen LogP contribution in [0.5, 0.6) is 0 Å². The number of anilines is 1. The molecule has 0 aliphatic carbocycles. The summed E-state index contributed by atoms with van der Waals surface area (Å²) in [6.45, 7) is 4.92. The van der Waals surface area contributed by atoms with Gasteiger partial charge >= 0.3 is 0 Å². The Morgan fingerprint density at radius 1 is 1.42 bits per heavy atom. The third-order valence-electron chi connectivity index (χ3n) is 4.00. The number of aliphatic hydroxyl groups excluding tert-OH is 1. The smallest absolute Gasteiger partial charge is 0.123 e. The molecule has 0 saturated carbocycles. The SMILES string of the molecule is CCCC1CCCCN1c1ccc(F)cc1C(C)O. The molecule has 0 aromatic heterocycles. The van der Waals surface area contributed by atoms with E-state index in [1.807, 2.05) is 6.07 Å². The zero-order valence-corrected chi connectivity index (χ0v) is 11.9. The van der Waals surface area contributed by atoms with Crippen molar-refractivity contribution in [1.29, 1.82) is 0 Å². The lowest BCUT2D eigenvalue weighted by Crippen LogP contribution is -2.40. The number of piperidine rings is 1. The molecule has 19 heavy (non-hydrogen) atoms. The van der Waals surface area contributed by atoms with Crippen LogP contribution >= 0.6 is 0 Å². The van der Waals surface area contributed by atoms with Crippen molar-refractivity contribution in [3.05, 3.63) is 29.6 Å². The fourth-order valence-electron chi connectivity index (χ4n) is 3.07. The van der Waals surface area contributed by atoms with Crippen molar-refractivity contribution < 1.29 is 9.50 Å². The van der Waals surface area contributed by atoms with Gasteiger partial charge in [0.25, 0.3) is 0 Å². The van der Waals surface area contributed by atoms with Crippen molar-refractivity contribution in [2.75, 3.05) is 11.4 Å². The lowest BCUT2D eigenvalue weighted by Gasteiger charge is -2.39. The van der Waals surface area contributed by atoms with E-state index in [-0.39, 0.29) is 5.82 Å². The molecule has 1 fully saturated rings. The van der Waals surface area contributed by atoms with E-state index in [0.29, 0.717) is 11.6 Å². The molecule has 2 unspecified atom stereocenters. The van der Waals surface area contributed by atoms with E-state index in [2.05, 4.69) is 11.8 Å². The van der Waals surface area contributed by atoms with Gasteiger partial charge in [-0.1, -0.05) is 13.3 Å². The maximum atomic E-state index is 13.4. The first-order chi connectivity index (χ1) is 9.13. The van der Waals surface area contributed by atoms with Crippen LogP contribution in [-0.2, 0) is 0 Å². The predicted octanol–water partition coefficient (Wildman–Crippen LogP) is 4.04. The van der Waals surface area contributed by atoms with Crippen LogP contribution in [0.25, 0.3) is 0 Å². The molecule has 2 atom stereocenters. The Morgan fingerprint density at radius 2 is 2.21 bits per heavy atom. The molecule has 1 aliphatic rings. The summed E-state index contributed by atoms with van der Waals surface area (Å²) in [4.78, 5) is 2.37. The van der Waals surface area contributed by atoms with Gasteiger partial charge in [-0.25, -0.2) is 4.39 Å². The van der Waals surface area contributed by atoms with Crippen LogP contribution in [0.1, 0.15) is 57.6 Å². The second kappa shape index (κ2) is 6.38. The highest BCUT2D eigenvalue weighted by atomic mass is 19.1. The van der Waals surface area contributed by atoms with E-state index in [4.69, 9.17) is 0 Å². The number of hydrogen-bond donors (Lipinski definition) is 1. The van der Waals surface area contributed by atoms with Gasteiger partial charge in [-0.2, -0.15) is 0 Å². The van der Waals surface area contributed by atoms with Gasteiger partial charge in [0.2, 0.25) is 0 Å². The van der Waals surface area contributed by atoms with Crippen molar-refractivity contribution in [2.24, 2.45) is 0 Å². The van der Waals surface area contributed by atoms with E-state index in [0.717, 1.165) is 25.1 Å². The van der Waals surface area contributed by atoms with Crippen LogP contribution < -0.4 is 4.90 Å². The van der Waals surface area contributed by atoms with Crippen LogP contribution in [0.15, 0.2) is 18.2 Å². The lowest BCUT2D eigenvalue weighted by molar-refractivity contribution is 0.198. The van der Waals surface area contributed by atoms with Crippen LogP contribution in [0, 0.1) is 5.82 Å². The first kappa shape index (κ1) is 14.3. The quantitative estimate of drug-likeness (QED) is 0.888. The molecule has 1 saturated heterocycles. The average molecular weight is 265 g/mol. The van der Waals surface area contributed by atoms with Crippen LogP contribution in [0.2, 0.25) is 0 Å². The molecular weight excluding hydrogens is 241 g/mol. The first-order valence-corrected chi connectivity index (χ1v) is 7.37.